The molecule has 0 radical (unpaired) electrons. The quantitative estimate of drug-likeness (QED) is 0.443. The van der Waals surface area contributed by atoms with Gasteiger partial charge in [-0.25, -0.2) is 4.99 Å². The summed E-state index contributed by atoms with van der Waals surface area (Å²) in [4.78, 5) is 11.0. The van der Waals surface area contributed by atoms with E-state index in [1.807, 2.05) is 0 Å². The predicted octanol–water partition coefficient (Wildman–Crippen LogP) is 2.64. The summed E-state index contributed by atoms with van der Waals surface area (Å²) in [7, 11) is 0. The minimum absolute atomic E-state index is 0. The van der Waals surface area contributed by atoms with Crippen LogP contribution in [-0.4, -0.2) is 36.0 Å². The zero-order valence-corrected chi connectivity index (χ0v) is 13.8. The molecule has 5 nitrogen and oxygen atoms in total. The van der Waals surface area contributed by atoms with Gasteiger partial charge >= 0.3 is 0 Å². The molecule has 0 aromatic rings. The van der Waals surface area contributed by atoms with Crippen molar-refractivity contribution in [3.05, 3.63) is 0 Å². The van der Waals surface area contributed by atoms with Crippen LogP contribution in [0.15, 0.2) is 9.98 Å². The summed E-state index contributed by atoms with van der Waals surface area (Å²) >= 11 is 0. The van der Waals surface area contributed by atoms with Gasteiger partial charge in [0.15, 0.2) is 5.96 Å². The maximum absolute atomic E-state index is 6.07. The number of nitrogens with two attached hydrogens (primary N) is 2. The van der Waals surface area contributed by atoms with Crippen LogP contribution in [-0.2, 0) is 0 Å². The van der Waals surface area contributed by atoms with E-state index in [-0.39, 0.29) is 12.4 Å². The van der Waals surface area contributed by atoms with Gasteiger partial charge in [-0.3, -0.25) is 0 Å². The predicted molar refractivity (Wildman–Crippen MR) is 92.0 cm³/mol. The Bertz CT molecular complexity index is 340. The number of halogens is 1. The molecule has 4 N–H and O–H groups in total. The van der Waals surface area contributed by atoms with Gasteiger partial charge in [0.25, 0.3) is 0 Å². The smallest absolute Gasteiger partial charge is 0.218 e. The molecule has 2 fully saturated rings. The first kappa shape index (κ1) is 18.1. The third-order valence-corrected chi connectivity index (χ3v) is 4.30. The fraction of sp³-hybridized carbons (Fsp3) is 0.867. The number of rotatable bonds is 1. The van der Waals surface area contributed by atoms with Crippen LogP contribution in [0.1, 0.15) is 64.2 Å². The number of guanidine groups is 2. The molecule has 0 aromatic carbocycles. The maximum Gasteiger partial charge on any atom is 0.218 e. The van der Waals surface area contributed by atoms with Gasteiger partial charge in [0.2, 0.25) is 5.96 Å². The van der Waals surface area contributed by atoms with Gasteiger partial charge in [0.05, 0.1) is 6.04 Å². The van der Waals surface area contributed by atoms with Crippen molar-refractivity contribution in [3.8, 4) is 0 Å². The average Bonchev–Trinajstić information content (AvgIpc) is 2.82. The lowest BCUT2D eigenvalue weighted by atomic mass is 10.1. The lowest BCUT2D eigenvalue weighted by molar-refractivity contribution is 0.431. The maximum atomic E-state index is 6.07. The molecule has 0 amide bonds. The third kappa shape index (κ3) is 6.55. The van der Waals surface area contributed by atoms with E-state index in [2.05, 4.69) is 14.9 Å². The molecule has 0 spiro atoms. The Morgan fingerprint density at radius 2 is 1.33 bits per heavy atom. The Labute approximate surface area is 134 Å². The Morgan fingerprint density at radius 1 is 0.810 bits per heavy atom. The molecule has 122 valence electrons. The van der Waals surface area contributed by atoms with Crippen LogP contribution in [0, 0.1) is 0 Å². The molecule has 2 aliphatic rings. The van der Waals surface area contributed by atoms with Gasteiger partial charge in [-0.1, -0.05) is 38.5 Å². The van der Waals surface area contributed by atoms with Gasteiger partial charge in [-0.2, -0.15) is 4.99 Å². The van der Waals surface area contributed by atoms with Gasteiger partial charge in [0.1, 0.15) is 0 Å². The van der Waals surface area contributed by atoms with E-state index in [1.165, 1.54) is 51.4 Å². The van der Waals surface area contributed by atoms with Crippen molar-refractivity contribution in [3.63, 3.8) is 0 Å². The van der Waals surface area contributed by atoms with E-state index in [0.29, 0.717) is 18.0 Å². The zero-order chi connectivity index (χ0) is 14.2. The van der Waals surface area contributed by atoms with Crippen LogP contribution in [0.25, 0.3) is 0 Å². The molecule has 2 rings (SSSR count). The molecular formula is C15H30ClN5. The van der Waals surface area contributed by atoms with E-state index in [0.717, 1.165) is 25.9 Å². The Kier molecular flexibility index (Phi) is 8.50. The lowest BCUT2D eigenvalue weighted by Crippen LogP contribution is -2.39. The fourth-order valence-corrected chi connectivity index (χ4v) is 3.09. The molecule has 21 heavy (non-hydrogen) atoms. The zero-order valence-electron chi connectivity index (χ0n) is 13.0. The molecule has 1 saturated carbocycles. The topological polar surface area (TPSA) is 80.0 Å². The highest BCUT2D eigenvalue weighted by molar-refractivity contribution is 5.93. The first-order chi connectivity index (χ1) is 9.75. The largest absolute Gasteiger partial charge is 0.369 e. The summed E-state index contributed by atoms with van der Waals surface area (Å²) in [5.41, 5.74) is 12.0. The summed E-state index contributed by atoms with van der Waals surface area (Å²) in [6, 6.07) is 0.346. The van der Waals surface area contributed by atoms with Crippen molar-refractivity contribution in [1.29, 1.82) is 0 Å². The monoisotopic (exact) mass is 315 g/mol. The summed E-state index contributed by atoms with van der Waals surface area (Å²) in [6.45, 7) is 1.98. The van der Waals surface area contributed by atoms with Gasteiger partial charge in [0, 0.05) is 13.1 Å². The van der Waals surface area contributed by atoms with Gasteiger partial charge < -0.3 is 16.4 Å². The first-order valence-corrected chi connectivity index (χ1v) is 8.18. The van der Waals surface area contributed by atoms with Gasteiger partial charge in [-0.15, -0.1) is 12.4 Å². The van der Waals surface area contributed by atoms with E-state index >= 15 is 0 Å². The molecule has 0 bridgehead atoms. The second kappa shape index (κ2) is 9.87. The van der Waals surface area contributed by atoms with Crippen LogP contribution in [0.3, 0.4) is 0 Å². The Morgan fingerprint density at radius 3 is 1.90 bits per heavy atom. The van der Waals surface area contributed by atoms with Crippen molar-refractivity contribution in [2.24, 2.45) is 21.5 Å². The minimum Gasteiger partial charge on any atom is -0.369 e. The molecule has 1 aliphatic heterocycles. The highest BCUT2D eigenvalue weighted by Gasteiger charge is 2.13. The van der Waals surface area contributed by atoms with Crippen molar-refractivity contribution >= 4 is 24.3 Å². The van der Waals surface area contributed by atoms with Gasteiger partial charge in [-0.05, 0) is 25.7 Å². The first-order valence-electron chi connectivity index (χ1n) is 8.18. The van der Waals surface area contributed by atoms with E-state index in [1.54, 1.807) is 0 Å². The molecule has 1 aliphatic carbocycles. The second-order valence-corrected chi connectivity index (χ2v) is 6.00. The molecule has 0 atom stereocenters. The van der Waals surface area contributed by atoms with Crippen molar-refractivity contribution in [2.75, 3.05) is 13.1 Å². The summed E-state index contributed by atoms with van der Waals surface area (Å²) in [6.07, 6.45) is 12.4. The number of likely N-dealkylation sites (tertiary alicyclic amines) is 1. The highest BCUT2D eigenvalue weighted by Crippen LogP contribution is 2.19. The van der Waals surface area contributed by atoms with E-state index < -0.39 is 0 Å². The van der Waals surface area contributed by atoms with Crippen LogP contribution >= 0.6 is 12.4 Å². The third-order valence-electron chi connectivity index (χ3n) is 4.30. The standard InChI is InChI=1S/C15H29N5.ClH/c16-14(18-13-9-5-1-2-6-10-13)19-15(17)20-11-7-3-4-8-12-20;/h13H,1-12H2,(H4,16,17,18,19);1H. The van der Waals surface area contributed by atoms with Crippen molar-refractivity contribution < 1.29 is 0 Å². The SMILES string of the molecule is Cl.NC(=NC1CCCCCC1)N=C(N)N1CCCCCC1. The van der Waals surface area contributed by atoms with Crippen LogP contribution in [0.5, 0.6) is 0 Å². The van der Waals surface area contributed by atoms with Crippen LogP contribution in [0.4, 0.5) is 0 Å². The summed E-state index contributed by atoms with van der Waals surface area (Å²) < 4.78 is 0. The fourth-order valence-electron chi connectivity index (χ4n) is 3.09. The summed E-state index contributed by atoms with van der Waals surface area (Å²) in [5, 5.41) is 0. The number of hydrogen-bond acceptors (Lipinski definition) is 1. The number of aliphatic imine (C=N–C) groups is 2. The number of nitrogens with zero attached hydrogens (tertiary/aromatic N) is 3. The van der Waals surface area contributed by atoms with E-state index in [4.69, 9.17) is 11.5 Å². The molecule has 0 aromatic heterocycles. The molecular weight excluding hydrogens is 286 g/mol. The normalized spacial score (nSPS) is 23.1. The van der Waals surface area contributed by atoms with Crippen LogP contribution < -0.4 is 11.5 Å². The van der Waals surface area contributed by atoms with Crippen molar-refractivity contribution in [1.82, 2.24) is 4.90 Å². The molecule has 6 heteroatoms. The van der Waals surface area contributed by atoms with E-state index in [9.17, 15) is 0 Å². The minimum atomic E-state index is 0. The Balaban J connectivity index is 0.00000220. The Hall–Kier alpha value is -0.970. The molecule has 1 saturated heterocycles. The summed E-state index contributed by atoms with van der Waals surface area (Å²) in [5.74, 6) is 0.903. The average molecular weight is 316 g/mol. The van der Waals surface area contributed by atoms with Crippen LogP contribution in [0.2, 0.25) is 0 Å². The number of hydrogen-bond donors (Lipinski definition) is 2. The molecule has 0 unspecified atom stereocenters. The lowest BCUT2D eigenvalue weighted by Gasteiger charge is -2.20. The second-order valence-electron chi connectivity index (χ2n) is 6.00. The molecule has 1 heterocycles. The van der Waals surface area contributed by atoms with Crippen molar-refractivity contribution in [2.45, 2.75) is 70.3 Å². The highest BCUT2D eigenvalue weighted by atomic mass is 35.5.